The van der Waals surface area contributed by atoms with E-state index in [1.165, 1.54) is 0 Å². The van der Waals surface area contributed by atoms with Gasteiger partial charge in [-0.15, -0.1) is 0 Å². The first-order valence-electron chi connectivity index (χ1n) is 11.4. The van der Waals surface area contributed by atoms with Crippen LogP contribution in [0.3, 0.4) is 0 Å². The Morgan fingerprint density at radius 3 is 2.22 bits per heavy atom. The van der Waals surface area contributed by atoms with Gasteiger partial charge in [0.1, 0.15) is 11.5 Å². The molecule has 0 saturated carbocycles. The normalized spacial score (nSPS) is 20.9. The minimum Gasteiger partial charge on any atom is -0.491 e. The summed E-state index contributed by atoms with van der Waals surface area (Å²) in [6.07, 6.45) is 1.46. The highest BCUT2D eigenvalue weighted by Gasteiger charge is 2.39. The highest BCUT2D eigenvalue weighted by Crippen LogP contribution is 2.44. The molecule has 4 rings (SSSR count). The minimum atomic E-state index is -0.274. The summed E-state index contributed by atoms with van der Waals surface area (Å²) in [5, 5.41) is 3.00. The lowest BCUT2D eigenvalue weighted by molar-refractivity contribution is -0.122. The molecular formula is C27H31NO4. The number of Topliss-reactive ketones (excluding diaryl/α,β-unsaturated/α-hetero) is 1. The molecule has 0 bridgehead atoms. The third-order valence-electron chi connectivity index (χ3n) is 5.92. The Balaban J connectivity index is 1.64. The van der Waals surface area contributed by atoms with Crippen LogP contribution in [0.25, 0.3) is 0 Å². The molecule has 1 heterocycles. The minimum absolute atomic E-state index is 0.0103. The van der Waals surface area contributed by atoms with Gasteiger partial charge in [-0.1, -0.05) is 30.3 Å². The third-order valence-corrected chi connectivity index (χ3v) is 5.92. The smallest absolute Gasteiger partial charge is 0.225 e. The fourth-order valence-corrected chi connectivity index (χ4v) is 4.68. The molecule has 5 heteroatoms. The van der Waals surface area contributed by atoms with Crippen LogP contribution >= 0.6 is 0 Å². The molecule has 2 aromatic carbocycles. The van der Waals surface area contributed by atoms with E-state index in [0.29, 0.717) is 12.8 Å². The monoisotopic (exact) mass is 433 g/mol. The molecule has 2 aliphatic rings. The van der Waals surface area contributed by atoms with Gasteiger partial charge in [0.2, 0.25) is 5.91 Å². The molecule has 32 heavy (non-hydrogen) atoms. The number of hydrogen-bond donors (Lipinski definition) is 1. The van der Waals surface area contributed by atoms with E-state index in [4.69, 9.17) is 9.47 Å². The predicted molar refractivity (Wildman–Crippen MR) is 124 cm³/mol. The molecule has 2 atom stereocenters. The third kappa shape index (κ3) is 4.72. The summed E-state index contributed by atoms with van der Waals surface area (Å²) in [6.45, 7) is 7.94. The van der Waals surface area contributed by atoms with Gasteiger partial charge in [0, 0.05) is 35.6 Å². The Hall–Kier alpha value is -3.08. The number of amides is 1. The molecule has 0 aromatic heterocycles. The molecule has 1 aliphatic carbocycles. The van der Waals surface area contributed by atoms with Crippen LogP contribution in [-0.4, -0.2) is 23.9 Å². The zero-order valence-corrected chi connectivity index (χ0v) is 19.2. The molecule has 168 valence electrons. The van der Waals surface area contributed by atoms with E-state index < -0.39 is 0 Å². The summed E-state index contributed by atoms with van der Waals surface area (Å²) in [7, 11) is 0. The fourth-order valence-electron chi connectivity index (χ4n) is 4.68. The number of nitrogens with one attached hydrogen (secondary N) is 1. The van der Waals surface area contributed by atoms with E-state index in [1.807, 2.05) is 76.2 Å². The summed E-state index contributed by atoms with van der Waals surface area (Å²) in [5.74, 6) is 1.37. The number of allylic oxidation sites excluding steroid dienone is 2. The van der Waals surface area contributed by atoms with Crippen LogP contribution < -0.4 is 14.8 Å². The second kappa shape index (κ2) is 9.19. The van der Waals surface area contributed by atoms with Crippen LogP contribution in [0, 0.1) is 0 Å². The number of benzene rings is 2. The molecule has 0 fully saturated rings. The molecule has 1 aliphatic heterocycles. The van der Waals surface area contributed by atoms with Crippen LogP contribution in [0.15, 0.2) is 59.8 Å². The van der Waals surface area contributed by atoms with Crippen molar-refractivity contribution in [2.45, 2.75) is 71.0 Å². The average molecular weight is 434 g/mol. The number of hydrogen-bond acceptors (Lipinski definition) is 4. The van der Waals surface area contributed by atoms with Crippen LogP contribution in [0.1, 0.15) is 69.9 Å². The maximum atomic E-state index is 13.4. The van der Waals surface area contributed by atoms with Crippen molar-refractivity contribution < 1.29 is 19.1 Å². The van der Waals surface area contributed by atoms with Crippen LogP contribution in [0.2, 0.25) is 0 Å². The van der Waals surface area contributed by atoms with E-state index in [2.05, 4.69) is 5.32 Å². The Kier molecular flexibility index (Phi) is 6.35. The maximum Gasteiger partial charge on any atom is 0.225 e. The topological polar surface area (TPSA) is 64.6 Å². The molecular weight excluding hydrogens is 402 g/mol. The number of carbonyl (C=O) groups excluding carboxylic acids is 2. The van der Waals surface area contributed by atoms with Gasteiger partial charge >= 0.3 is 0 Å². The zero-order chi connectivity index (χ0) is 22.8. The van der Waals surface area contributed by atoms with E-state index >= 15 is 0 Å². The molecule has 0 spiro atoms. The predicted octanol–water partition coefficient (Wildman–Crippen LogP) is 5.27. The molecule has 1 amide bonds. The van der Waals surface area contributed by atoms with Crippen molar-refractivity contribution in [3.8, 4) is 11.5 Å². The van der Waals surface area contributed by atoms with Gasteiger partial charge in [-0.05, 0) is 63.8 Å². The van der Waals surface area contributed by atoms with Gasteiger partial charge < -0.3 is 14.8 Å². The Labute approximate surface area is 189 Å². The lowest BCUT2D eigenvalue weighted by Gasteiger charge is -2.35. The number of ether oxygens (including phenoxy) is 2. The summed E-state index contributed by atoms with van der Waals surface area (Å²) in [4.78, 5) is 26.0. The number of para-hydroxylation sites is 1. The molecule has 1 N–H and O–H groups in total. The first-order valence-corrected chi connectivity index (χ1v) is 11.4. The number of carbonyl (C=O) groups is 2. The quantitative estimate of drug-likeness (QED) is 0.674. The van der Waals surface area contributed by atoms with Gasteiger partial charge in [-0.2, -0.15) is 0 Å². The Morgan fingerprint density at radius 2 is 1.53 bits per heavy atom. The first-order chi connectivity index (χ1) is 15.3. The highest BCUT2D eigenvalue weighted by atomic mass is 16.5. The Morgan fingerprint density at radius 1 is 0.844 bits per heavy atom. The first kappa shape index (κ1) is 22.1. The van der Waals surface area contributed by atoms with E-state index in [-0.39, 0.29) is 42.2 Å². The summed E-state index contributed by atoms with van der Waals surface area (Å²) in [6, 6.07) is 15.7. The fraction of sp³-hybridized carbons (Fsp3) is 0.407. The molecule has 0 radical (unpaired) electrons. The number of ketones is 1. The van der Waals surface area contributed by atoms with Crippen molar-refractivity contribution in [2.24, 2.45) is 0 Å². The second-order valence-corrected chi connectivity index (χ2v) is 9.17. The van der Waals surface area contributed by atoms with Gasteiger partial charge in [0.05, 0.1) is 12.2 Å². The SMILES string of the molecule is CC(C)Oc1ccc(C2CC(=O)C3=C(C2)NC(=O)CC3c2ccccc2OC(C)C)cc1. The van der Waals surface area contributed by atoms with Gasteiger partial charge in [-0.3, -0.25) is 9.59 Å². The second-order valence-electron chi connectivity index (χ2n) is 9.17. The zero-order valence-electron chi connectivity index (χ0n) is 19.2. The molecule has 2 unspecified atom stereocenters. The summed E-state index contributed by atoms with van der Waals surface area (Å²) >= 11 is 0. The van der Waals surface area contributed by atoms with Crippen LogP contribution in [-0.2, 0) is 9.59 Å². The number of rotatable bonds is 6. The van der Waals surface area contributed by atoms with Crippen molar-refractivity contribution >= 4 is 11.7 Å². The van der Waals surface area contributed by atoms with Crippen LogP contribution in [0.5, 0.6) is 11.5 Å². The van der Waals surface area contributed by atoms with Crippen molar-refractivity contribution in [3.63, 3.8) is 0 Å². The highest BCUT2D eigenvalue weighted by molar-refractivity contribution is 6.02. The van der Waals surface area contributed by atoms with Gasteiger partial charge in [0.25, 0.3) is 0 Å². The largest absolute Gasteiger partial charge is 0.491 e. The summed E-state index contributed by atoms with van der Waals surface area (Å²) in [5.41, 5.74) is 3.49. The van der Waals surface area contributed by atoms with Crippen molar-refractivity contribution in [2.75, 3.05) is 0 Å². The molecule has 5 nitrogen and oxygen atoms in total. The van der Waals surface area contributed by atoms with Crippen molar-refractivity contribution in [3.05, 3.63) is 70.9 Å². The maximum absolute atomic E-state index is 13.4. The average Bonchev–Trinajstić information content (AvgIpc) is 2.73. The summed E-state index contributed by atoms with van der Waals surface area (Å²) < 4.78 is 11.7. The van der Waals surface area contributed by atoms with E-state index in [0.717, 1.165) is 33.9 Å². The molecule has 2 aromatic rings. The molecule has 0 saturated heterocycles. The van der Waals surface area contributed by atoms with Crippen molar-refractivity contribution in [1.82, 2.24) is 5.32 Å². The Bertz CT molecular complexity index is 1040. The lowest BCUT2D eigenvalue weighted by Crippen LogP contribution is -2.38. The van der Waals surface area contributed by atoms with E-state index in [1.54, 1.807) is 0 Å². The van der Waals surface area contributed by atoms with E-state index in [9.17, 15) is 9.59 Å². The van der Waals surface area contributed by atoms with Crippen molar-refractivity contribution in [1.29, 1.82) is 0 Å². The standard InChI is InChI=1S/C27H31NO4/c1-16(2)31-20-11-9-18(10-12-20)19-13-23-27(24(29)14-19)22(15-26(30)28-23)21-7-5-6-8-25(21)32-17(3)4/h5-12,16-17,19,22H,13-15H2,1-4H3,(H,28,30). The van der Waals surface area contributed by atoms with Crippen LogP contribution in [0.4, 0.5) is 0 Å². The van der Waals surface area contributed by atoms with Gasteiger partial charge in [0.15, 0.2) is 5.78 Å². The lowest BCUT2D eigenvalue weighted by atomic mass is 9.73. The van der Waals surface area contributed by atoms with Gasteiger partial charge in [-0.25, -0.2) is 0 Å².